The van der Waals surface area contributed by atoms with Gasteiger partial charge in [-0.2, -0.15) is 0 Å². The van der Waals surface area contributed by atoms with Gasteiger partial charge in [-0.1, -0.05) is 65.3 Å². The highest BCUT2D eigenvalue weighted by atomic mass is 16.5. The number of carbonyl (C=O) groups is 1. The molecule has 0 amide bonds. The van der Waals surface area contributed by atoms with Gasteiger partial charge in [0.2, 0.25) is 0 Å². The maximum Gasteiger partial charge on any atom is 0.331 e. The number of hydrogen-bond acceptors (Lipinski definition) is 4. The highest BCUT2D eigenvalue weighted by Gasteiger charge is 2.07. The molecule has 0 fully saturated rings. The van der Waals surface area contributed by atoms with Gasteiger partial charge in [0.25, 0.3) is 0 Å². The van der Waals surface area contributed by atoms with E-state index in [-0.39, 0.29) is 6.61 Å². The van der Waals surface area contributed by atoms with Crippen LogP contribution in [0.1, 0.15) is 16.8 Å². The summed E-state index contributed by atoms with van der Waals surface area (Å²) in [5.41, 5.74) is 3.63. The Kier molecular flexibility index (Phi) is 4.87. The van der Waals surface area contributed by atoms with Crippen LogP contribution in [0.25, 0.3) is 17.4 Å². The Hall–Kier alpha value is -3.14. The molecule has 0 N–H and O–H groups in total. The largest absolute Gasteiger partial charge is 0.456 e. The van der Waals surface area contributed by atoms with Crippen molar-refractivity contribution in [3.63, 3.8) is 0 Å². The lowest BCUT2D eigenvalue weighted by atomic mass is 10.1. The van der Waals surface area contributed by atoms with Crippen LogP contribution in [-0.2, 0) is 16.1 Å². The summed E-state index contributed by atoms with van der Waals surface area (Å²) in [5.74, 6) is 0.233. The Bertz CT molecular complexity index is 833. The zero-order chi connectivity index (χ0) is 16.8. The molecule has 0 aliphatic heterocycles. The van der Waals surface area contributed by atoms with E-state index in [0.29, 0.717) is 11.5 Å². The van der Waals surface area contributed by atoms with Gasteiger partial charge in [-0.3, -0.25) is 0 Å². The monoisotopic (exact) mass is 319 g/mol. The Balaban J connectivity index is 1.55. The average molecular weight is 319 g/mol. The molecule has 0 unspecified atom stereocenters. The van der Waals surface area contributed by atoms with Crippen LogP contribution in [-0.4, -0.2) is 11.1 Å². The number of ether oxygens (including phenoxy) is 1. The number of aryl methyl sites for hydroxylation is 1. The number of aromatic nitrogens is 1. The van der Waals surface area contributed by atoms with E-state index in [1.807, 2.05) is 61.5 Å². The van der Waals surface area contributed by atoms with Crippen LogP contribution < -0.4 is 0 Å². The van der Waals surface area contributed by atoms with Crippen molar-refractivity contribution in [3.05, 3.63) is 83.6 Å². The smallest absolute Gasteiger partial charge is 0.331 e. The number of esters is 1. The first-order chi connectivity index (χ1) is 11.7. The van der Waals surface area contributed by atoms with Crippen molar-refractivity contribution in [2.45, 2.75) is 13.5 Å². The van der Waals surface area contributed by atoms with Gasteiger partial charge in [0, 0.05) is 17.7 Å². The summed E-state index contributed by atoms with van der Waals surface area (Å²) in [5, 5.41) is 3.92. The molecule has 0 spiro atoms. The SMILES string of the molecule is Cc1ccc(/C=C/C(=O)OCc2cc(-c3ccccc3)on2)cc1. The van der Waals surface area contributed by atoms with Crippen molar-refractivity contribution in [1.82, 2.24) is 5.16 Å². The van der Waals surface area contributed by atoms with Crippen molar-refractivity contribution in [1.29, 1.82) is 0 Å². The summed E-state index contributed by atoms with van der Waals surface area (Å²) in [7, 11) is 0. The van der Waals surface area contributed by atoms with Crippen LogP contribution in [0.4, 0.5) is 0 Å². The van der Waals surface area contributed by atoms with Crippen LogP contribution in [0.15, 0.2) is 71.3 Å². The minimum absolute atomic E-state index is 0.0768. The highest BCUT2D eigenvalue weighted by Crippen LogP contribution is 2.20. The Morgan fingerprint density at radius 1 is 1.12 bits per heavy atom. The fourth-order valence-corrected chi connectivity index (χ4v) is 2.15. The standard InChI is InChI=1S/C20H17NO3/c1-15-7-9-16(10-8-15)11-12-20(22)23-14-18-13-19(24-21-18)17-5-3-2-4-6-17/h2-13H,14H2,1H3/b12-11+. The van der Waals surface area contributed by atoms with Gasteiger partial charge in [0.15, 0.2) is 5.76 Å². The number of benzene rings is 2. The first-order valence-corrected chi connectivity index (χ1v) is 7.63. The summed E-state index contributed by atoms with van der Waals surface area (Å²) in [4.78, 5) is 11.8. The first-order valence-electron chi connectivity index (χ1n) is 7.63. The maximum absolute atomic E-state index is 11.8. The second-order valence-corrected chi connectivity index (χ2v) is 5.40. The lowest BCUT2D eigenvalue weighted by Gasteiger charge is -1.98. The Morgan fingerprint density at radius 2 is 1.88 bits per heavy atom. The molecule has 2 aromatic carbocycles. The van der Waals surface area contributed by atoms with Crippen molar-refractivity contribution < 1.29 is 14.1 Å². The predicted octanol–water partition coefficient (Wildman–Crippen LogP) is 4.41. The summed E-state index contributed by atoms with van der Waals surface area (Å²) in [6.45, 7) is 2.09. The molecular weight excluding hydrogens is 302 g/mol. The topological polar surface area (TPSA) is 52.3 Å². The van der Waals surface area contributed by atoms with E-state index in [4.69, 9.17) is 9.26 Å². The molecule has 3 aromatic rings. The molecule has 3 rings (SSSR count). The van der Waals surface area contributed by atoms with Gasteiger partial charge in [-0.25, -0.2) is 4.79 Å². The summed E-state index contributed by atoms with van der Waals surface area (Å²) < 4.78 is 10.4. The number of rotatable bonds is 5. The first kappa shape index (κ1) is 15.7. The van der Waals surface area contributed by atoms with Crippen LogP contribution in [0.3, 0.4) is 0 Å². The fraction of sp³-hybridized carbons (Fsp3) is 0.100. The van der Waals surface area contributed by atoms with E-state index < -0.39 is 5.97 Å². The molecule has 0 saturated carbocycles. The van der Waals surface area contributed by atoms with Gasteiger partial charge in [0.1, 0.15) is 12.3 Å². The van der Waals surface area contributed by atoms with Gasteiger partial charge >= 0.3 is 5.97 Å². The molecule has 0 aliphatic carbocycles. The number of carbonyl (C=O) groups excluding carboxylic acids is 1. The summed E-state index contributed by atoms with van der Waals surface area (Å²) in [6.07, 6.45) is 3.13. The van der Waals surface area contributed by atoms with Crippen molar-refractivity contribution in [2.24, 2.45) is 0 Å². The zero-order valence-electron chi connectivity index (χ0n) is 13.3. The average Bonchev–Trinajstić information content (AvgIpc) is 3.09. The number of nitrogens with zero attached hydrogens (tertiary/aromatic N) is 1. The van der Waals surface area contributed by atoms with Crippen molar-refractivity contribution >= 4 is 12.0 Å². The van der Waals surface area contributed by atoms with Crippen LogP contribution in [0, 0.1) is 6.92 Å². The zero-order valence-corrected chi connectivity index (χ0v) is 13.3. The van der Waals surface area contributed by atoms with E-state index in [1.54, 1.807) is 12.1 Å². The molecule has 24 heavy (non-hydrogen) atoms. The third kappa shape index (κ3) is 4.20. The molecule has 0 atom stereocenters. The van der Waals surface area contributed by atoms with Crippen LogP contribution in [0.5, 0.6) is 0 Å². The molecule has 0 bridgehead atoms. The Labute approximate surface area is 140 Å². The maximum atomic E-state index is 11.8. The summed E-state index contributed by atoms with van der Waals surface area (Å²) in [6, 6.07) is 19.3. The van der Waals surface area contributed by atoms with Crippen molar-refractivity contribution in [3.8, 4) is 11.3 Å². The molecule has 4 nitrogen and oxygen atoms in total. The van der Waals surface area contributed by atoms with Crippen LogP contribution in [0.2, 0.25) is 0 Å². The van der Waals surface area contributed by atoms with Crippen molar-refractivity contribution in [2.75, 3.05) is 0 Å². The minimum atomic E-state index is -0.417. The second kappa shape index (κ2) is 7.42. The van der Waals surface area contributed by atoms with E-state index in [9.17, 15) is 4.79 Å². The lowest BCUT2D eigenvalue weighted by molar-refractivity contribution is -0.139. The molecule has 4 heteroatoms. The minimum Gasteiger partial charge on any atom is -0.456 e. The third-order valence-corrected chi connectivity index (χ3v) is 3.47. The molecule has 0 aliphatic rings. The second-order valence-electron chi connectivity index (χ2n) is 5.40. The Morgan fingerprint density at radius 3 is 2.62 bits per heavy atom. The lowest BCUT2D eigenvalue weighted by Crippen LogP contribution is -2.00. The van der Waals surface area contributed by atoms with Gasteiger partial charge < -0.3 is 9.26 Å². The van der Waals surface area contributed by atoms with Gasteiger partial charge in [-0.05, 0) is 18.6 Å². The van der Waals surface area contributed by atoms with Gasteiger partial charge in [0.05, 0.1) is 0 Å². The molecule has 1 aromatic heterocycles. The quantitative estimate of drug-likeness (QED) is 0.516. The van der Waals surface area contributed by atoms with Gasteiger partial charge in [-0.15, -0.1) is 0 Å². The number of hydrogen-bond donors (Lipinski definition) is 0. The molecule has 0 saturated heterocycles. The van der Waals surface area contributed by atoms with E-state index >= 15 is 0 Å². The summed E-state index contributed by atoms with van der Waals surface area (Å²) >= 11 is 0. The van der Waals surface area contributed by atoms with E-state index in [0.717, 1.165) is 11.1 Å². The molecule has 0 radical (unpaired) electrons. The normalized spacial score (nSPS) is 10.9. The third-order valence-electron chi connectivity index (χ3n) is 3.47. The van der Waals surface area contributed by atoms with Crippen LogP contribution >= 0.6 is 0 Å². The molecular formula is C20H17NO3. The highest BCUT2D eigenvalue weighted by molar-refractivity contribution is 5.87. The van der Waals surface area contributed by atoms with E-state index in [1.165, 1.54) is 11.6 Å². The predicted molar refractivity (Wildman–Crippen MR) is 91.9 cm³/mol. The molecule has 1 heterocycles. The molecule has 120 valence electrons. The van der Waals surface area contributed by atoms with E-state index in [2.05, 4.69) is 5.16 Å². The fourth-order valence-electron chi connectivity index (χ4n) is 2.15.